The molecule has 3 heteroatoms. The largest absolute Gasteiger partial charge is 0.381 e. The van der Waals surface area contributed by atoms with Gasteiger partial charge in [0.15, 0.2) is 0 Å². The molecule has 2 aromatic rings. The molecule has 0 aromatic heterocycles. The maximum Gasteiger partial charge on any atom is 0.123 e. The second-order valence-electron chi connectivity index (χ2n) is 4.87. The molecule has 1 N–H and O–H groups in total. The van der Waals surface area contributed by atoms with Gasteiger partial charge in [0.1, 0.15) is 5.82 Å². The molecule has 0 atom stereocenters. The van der Waals surface area contributed by atoms with Crippen LogP contribution in [0.15, 0.2) is 46.9 Å². The van der Waals surface area contributed by atoms with Gasteiger partial charge < -0.3 is 5.32 Å². The molecule has 0 heterocycles. The zero-order valence-corrected chi connectivity index (χ0v) is 12.7. The molecule has 0 spiro atoms. The highest BCUT2D eigenvalue weighted by Crippen LogP contribution is 2.21. The van der Waals surface area contributed by atoms with E-state index in [4.69, 9.17) is 0 Å². The first-order chi connectivity index (χ1) is 9.06. The van der Waals surface area contributed by atoms with E-state index in [2.05, 4.69) is 47.2 Å². The molecule has 2 aromatic carbocycles. The lowest BCUT2D eigenvalue weighted by atomic mass is 10.0. The Balaban J connectivity index is 2.10. The summed E-state index contributed by atoms with van der Waals surface area (Å²) >= 11 is 3.44. The van der Waals surface area contributed by atoms with Crippen LogP contribution in [0.1, 0.15) is 30.9 Å². The van der Waals surface area contributed by atoms with Crippen molar-refractivity contribution in [3.05, 3.63) is 63.9 Å². The highest BCUT2D eigenvalue weighted by atomic mass is 79.9. The molecule has 0 bridgehead atoms. The summed E-state index contributed by atoms with van der Waals surface area (Å²) < 4.78 is 14.1. The third kappa shape index (κ3) is 3.80. The van der Waals surface area contributed by atoms with E-state index >= 15 is 0 Å². The summed E-state index contributed by atoms with van der Waals surface area (Å²) in [6, 6.07) is 13.1. The second-order valence-corrected chi connectivity index (χ2v) is 5.72. The maximum absolute atomic E-state index is 13.2. The van der Waals surface area contributed by atoms with Crippen LogP contribution in [-0.2, 0) is 6.54 Å². The van der Waals surface area contributed by atoms with Crippen LogP contribution in [0.5, 0.6) is 0 Å². The van der Waals surface area contributed by atoms with Crippen molar-refractivity contribution in [3.63, 3.8) is 0 Å². The smallest absolute Gasteiger partial charge is 0.123 e. The molecule has 0 unspecified atom stereocenters. The summed E-state index contributed by atoms with van der Waals surface area (Å²) in [6.45, 7) is 4.93. The zero-order valence-electron chi connectivity index (χ0n) is 11.1. The van der Waals surface area contributed by atoms with Gasteiger partial charge in [0.2, 0.25) is 0 Å². The Bertz CT molecular complexity index is 566. The second kappa shape index (κ2) is 6.20. The first-order valence-corrected chi connectivity index (χ1v) is 7.13. The van der Waals surface area contributed by atoms with Crippen LogP contribution in [0.25, 0.3) is 0 Å². The SMILES string of the molecule is CC(C)c1cccc(NCc2cc(F)ccc2Br)c1. The molecule has 0 aliphatic heterocycles. The lowest BCUT2D eigenvalue weighted by Gasteiger charge is -2.11. The monoisotopic (exact) mass is 321 g/mol. The first kappa shape index (κ1) is 14.1. The Kier molecular flexibility index (Phi) is 4.59. The quantitative estimate of drug-likeness (QED) is 0.803. The molecule has 0 radical (unpaired) electrons. The van der Waals surface area contributed by atoms with Crippen molar-refractivity contribution in [1.82, 2.24) is 0 Å². The fraction of sp³-hybridized carbons (Fsp3) is 0.250. The molecule has 0 amide bonds. The summed E-state index contributed by atoms with van der Waals surface area (Å²) in [6.07, 6.45) is 0. The van der Waals surface area contributed by atoms with Crippen molar-refractivity contribution in [2.45, 2.75) is 26.3 Å². The van der Waals surface area contributed by atoms with Crippen LogP contribution in [0.2, 0.25) is 0 Å². The van der Waals surface area contributed by atoms with Gasteiger partial charge in [0.05, 0.1) is 0 Å². The third-order valence-electron chi connectivity index (χ3n) is 3.04. The maximum atomic E-state index is 13.2. The van der Waals surface area contributed by atoms with E-state index in [0.717, 1.165) is 15.7 Å². The lowest BCUT2D eigenvalue weighted by molar-refractivity contribution is 0.625. The number of halogens is 2. The summed E-state index contributed by atoms with van der Waals surface area (Å²) in [4.78, 5) is 0. The average Bonchev–Trinajstić information content (AvgIpc) is 2.40. The van der Waals surface area contributed by atoms with E-state index in [1.165, 1.54) is 11.6 Å². The fourth-order valence-electron chi connectivity index (χ4n) is 1.88. The molecule has 0 saturated heterocycles. The van der Waals surface area contributed by atoms with Crippen LogP contribution in [0.4, 0.5) is 10.1 Å². The van der Waals surface area contributed by atoms with Gasteiger partial charge >= 0.3 is 0 Å². The number of hydrogen-bond donors (Lipinski definition) is 1. The van der Waals surface area contributed by atoms with Gasteiger partial charge in [-0.25, -0.2) is 4.39 Å². The van der Waals surface area contributed by atoms with E-state index < -0.39 is 0 Å². The predicted molar refractivity (Wildman–Crippen MR) is 82.0 cm³/mol. The van der Waals surface area contributed by atoms with Crippen LogP contribution < -0.4 is 5.32 Å². The Hall–Kier alpha value is -1.35. The topological polar surface area (TPSA) is 12.0 Å². The fourth-order valence-corrected chi connectivity index (χ4v) is 2.27. The Morgan fingerprint density at radius 2 is 1.95 bits per heavy atom. The predicted octanol–water partition coefficient (Wildman–Crippen LogP) is 5.32. The number of benzene rings is 2. The minimum Gasteiger partial charge on any atom is -0.381 e. The van der Waals surface area contributed by atoms with E-state index in [-0.39, 0.29) is 5.82 Å². The highest BCUT2D eigenvalue weighted by molar-refractivity contribution is 9.10. The van der Waals surface area contributed by atoms with Gasteiger partial charge in [-0.2, -0.15) is 0 Å². The third-order valence-corrected chi connectivity index (χ3v) is 3.82. The van der Waals surface area contributed by atoms with Crippen molar-refractivity contribution in [3.8, 4) is 0 Å². The number of rotatable bonds is 4. The van der Waals surface area contributed by atoms with Crippen molar-refractivity contribution in [2.75, 3.05) is 5.32 Å². The molecular weight excluding hydrogens is 305 g/mol. The van der Waals surface area contributed by atoms with Crippen molar-refractivity contribution >= 4 is 21.6 Å². The molecule has 19 heavy (non-hydrogen) atoms. The van der Waals surface area contributed by atoms with Gasteiger partial charge in [-0.1, -0.05) is 41.9 Å². The Morgan fingerprint density at radius 1 is 1.16 bits per heavy atom. The van der Waals surface area contributed by atoms with Crippen LogP contribution in [0, 0.1) is 5.82 Å². The van der Waals surface area contributed by atoms with Crippen LogP contribution >= 0.6 is 15.9 Å². The van der Waals surface area contributed by atoms with Gasteiger partial charge in [0.25, 0.3) is 0 Å². The van der Waals surface area contributed by atoms with E-state index in [1.54, 1.807) is 12.1 Å². The van der Waals surface area contributed by atoms with Crippen LogP contribution in [-0.4, -0.2) is 0 Å². The first-order valence-electron chi connectivity index (χ1n) is 6.34. The van der Waals surface area contributed by atoms with Crippen molar-refractivity contribution in [2.24, 2.45) is 0 Å². The molecule has 0 aliphatic carbocycles. The molecule has 1 nitrogen and oxygen atoms in total. The number of anilines is 1. The van der Waals surface area contributed by atoms with Gasteiger partial charge in [-0.05, 0) is 47.4 Å². The Morgan fingerprint density at radius 3 is 2.68 bits per heavy atom. The van der Waals surface area contributed by atoms with E-state index in [1.807, 2.05) is 12.1 Å². The van der Waals surface area contributed by atoms with Crippen LogP contribution in [0.3, 0.4) is 0 Å². The molecule has 0 aliphatic rings. The van der Waals surface area contributed by atoms with Gasteiger partial charge in [0, 0.05) is 16.7 Å². The van der Waals surface area contributed by atoms with Gasteiger partial charge in [-0.3, -0.25) is 0 Å². The number of hydrogen-bond acceptors (Lipinski definition) is 1. The molecule has 100 valence electrons. The Labute approximate surface area is 122 Å². The minimum atomic E-state index is -0.212. The molecule has 2 rings (SSSR count). The normalized spacial score (nSPS) is 10.8. The van der Waals surface area contributed by atoms with E-state index in [0.29, 0.717) is 12.5 Å². The van der Waals surface area contributed by atoms with Crippen molar-refractivity contribution in [1.29, 1.82) is 0 Å². The summed E-state index contributed by atoms with van der Waals surface area (Å²) in [5.74, 6) is 0.290. The van der Waals surface area contributed by atoms with E-state index in [9.17, 15) is 4.39 Å². The zero-order chi connectivity index (χ0) is 13.8. The summed E-state index contributed by atoms with van der Waals surface area (Å²) in [5, 5.41) is 3.33. The summed E-state index contributed by atoms with van der Waals surface area (Å²) in [7, 11) is 0. The standard InChI is InChI=1S/C16H17BrFN/c1-11(2)12-4-3-5-15(9-12)19-10-13-8-14(18)6-7-16(13)17/h3-9,11,19H,10H2,1-2H3. The summed E-state index contributed by atoms with van der Waals surface area (Å²) in [5.41, 5.74) is 3.26. The van der Waals surface area contributed by atoms with Crippen molar-refractivity contribution < 1.29 is 4.39 Å². The number of nitrogens with one attached hydrogen (secondary N) is 1. The lowest BCUT2D eigenvalue weighted by Crippen LogP contribution is -2.01. The average molecular weight is 322 g/mol. The molecule has 0 saturated carbocycles. The minimum absolute atomic E-state index is 0.212. The molecular formula is C16H17BrFN. The molecule has 0 fully saturated rings. The van der Waals surface area contributed by atoms with Gasteiger partial charge in [-0.15, -0.1) is 0 Å². The highest BCUT2D eigenvalue weighted by Gasteiger charge is 2.03.